The second-order valence-corrected chi connectivity index (χ2v) is 6.22. The Morgan fingerprint density at radius 3 is 2.89 bits per heavy atom. The molecule has 0 radical (unpaired) electrons. The van der Waals surface area contributed by atoms with Crippen LogP contribution in [0.15, 0.2) is 23.2 Å². The zero-order chi connectivity index (χ0) is 13.2. The van der Waals surface area contributed by atoms with Crippen molar-refractivity contribution in [1.29, 1.82) is 5.26 Å². The molecule has 1 N–H and O–H groups in total. The van der Waals surface area contributed by atoms with Crippen LogP contribution >= 0.6 is 0 Å². The summed E-state index contributed by atoms with van der Waals surface area (Å²) in [5.74, 6) is 0.469. The molecule has 0 amide bonds. The predicted octanol–water partition coefficient (Wildman–Crippen LogP) is 1.42. The number of hydrogen-bond acceptors (Lipinski definition) is 4. The number of pyridine rings is 1. The molecule has 1 heterocycles. The molecular weight excluding hydrogens is 250 g/mol. The minimum Gasteiger partial charge on any atom is -0.244 e. The Morgan fingerprint density at radius 2 is 2.33 bits per heavy atom. The molecule has 0 spiro atoms. The van der Waals surface area contributed by atoms with Crippen molar-refractivity contribution in [3.05, 3.63) is 24.0 Å². The zero-order valence-electron chi connectivity index (χ0n) is 10.1. The van der Waals surface area contributed by atoms with Crippen LogP contribution in [0.4, 0.5) is 0 Å². The van der Waals surface area contributed by atoms with E-state index in [0.717, 1.165) is 19.3 Å². The average molecular weight is 265 g/mol. The molecule has 18 heavy (non-hydrogen) atoms. The van der Waals surface area contributed by atoms with Gasteiger partial charge in [0.05, 0.1) is 0 Å². The highest BCUT2D eigenvalue weighted by Gasteiger charge is 2.39. The van der Waals surface area contributed by atoms with E-state index in [4.69, 9.17) is 5.26 Å². The predicted molar refractivity (Wildman–Crippen MR) is 66.1 cm³/mol. The highest BCUT2D eigenvalue weighted by atomic mass is 32.2. The Morgan fingerprint density at radius 1 is 1.56 bits per heavy atom. The Bertz CT molecular complexity index is 560. The monoisotopic (exact) mass is 265 g/mol. The third-order valence-electron chi connectivity index (χ3n) is 3.05. The minimum absolute atomic E-state index is 0.0607. The van der Waals surface area contributed by atoms with Gasteiger partial charge in [0.15, 0.2) is 0 Å². The zero-order valence-corrected chi connectivity index (χ0v) is 10.9. The van der Waals surface area contributed by atoms with Crippen molar-refractivity contribution < 1.29 is 8.42 Å². The summed E-state index contributed by atoms with van der Waals surface area (Å²) in [6.07, 6.45) is 4.26. The van der Waals surface area contributed by atoms with Gasteiger partial charge in [0.1, 0.15) is 16.7 Å². The number of sulfonamides is 1. The molecule has 0 aromatic carbocycles. The van der Waals surface area contributed by atoms with Crippen molar-refractivity contribution in [3.63, 3.8) is 0 Å². The lowest BCUT2D eigenvalue weighted by molar-refractivity contribution is 0.572. The second kappa shape index (κ2) is 5.04. The smallest absolute Gasteiger partial charge is 0.242 e. The highest BCUT2D eigenvalue weighted by Crippen LogP contribution is 2.35. The Hall–Kier alpha value is -1.45. The maximum Gasteiger partial charge on any atom is 0.242 e. The van der Waals surface area contributed by atoms with Gasteiger partial charge in [0.2, 0.25) is 10.0 Å². The third kappa shape index (κ3) is 2.86. The lowest BCUT2D eigenvalue weighted by atomic mass is 10.2. The fourth-order valence-electron chi connectivity index (χ4n) is 1.95. The van der Waals surface area contributed by atoms with E-state index < -0.39 is 10.0 Å². The molecule has 0 aliphatic heterocycles. The summed E-state index contributed by atoms with van der Waals surface area (Å²) in [7, 11) is -3.50. The SMILES string of the molecule is CCCC1CC1NS(=O)(=O)c1ccc(C#N)nc1. The first-order chi connectivity index (χ1) is 8.56. The maximum absolute atomic E-state index is 12.0. The highest BCUT2D eigenvalue weighted by molar-refractivity contribution is 7.89. The van der Waals surface area contributed by atoms with Crippen molar-refractivity contribution in [1.82, 2.24) is 9.71 Å². The Balaban J connectivity index is 2.05. The fourth-order valence-corrected chi connectivity index (χ4v) is 3.22. The van der Waals surface area contributed by atoms with Crippen LogP contribution in [0.25, 0.3) is 0 Å². The molecule has 6 heteroatoms. The number of nitrogens with one attached hydrogen (secondary N) is 1. The van der Waals surface area contributed by atoms with Crippen molar-refractivity contribution in [2.24, 2.45) is 5.92 Å². The van der Waals surface area contributed by atoms with Gasteiger partial charge in [-0.15, -0.1) is 0 Å². The Labute approximate surface area is 107 Å². The molecule has 1 aromatic heterocycles. The van der Waals surface area contributed by atoms with Crippen molar-refractivity contribution >= 4 is 10.0 Å². The van der Waals surface area contributed by atoms with Crippen LogP contribution in [-0.2, 0) is 10.0 Å². The van der Waals surface area contributed by atoms with E-state index in [1.807, 2.05) is 6.07 Å². The summed E-state index contributed by atoms with van der Waals surface area (Å²) in [5, 5.41) is 8.60. The third-order valence-corrected chi connectivity index (χ3v) is 4.52. The van der Waals surface area contributed by atoms with E-state index in [1.165, 1.54) is 18.3 Å². The summed E-state index contributed by atoms with van der Waals surface area (Å²) >= 11 is 0. The van der Waals surface area contributed by atoms with Crippen molar-refractivity contribution in [3.8, 4) is 6.07 Å². The summed E-state index contributed by atoms with van der Waals surface area (Å²) in [6, 6.07) is 4.73. The van der Waals surface area contributed by atoms with Crippen LogP contribution in [0.3, 0.4) is 0 Å². The fraction of sp³-hybridized carbons (Fsp3) is 0.500. The van der Waals surface area contributed by atoms with Gasteiger partial charge in [0.25, 0.3) is 0 Å². The second-order valence-electron chi connectivity index (χ2n) is 4.50. The first kappa shape index (κ1) is 13.0. The van der Waals surface area contributed by atoms with Gasteiger partial charge in [-0.2, -0.15) is 5.26 Å². The molecule has 0 bridgehead atoms. The van der Waals surface area contributed by atoms with Gasteiger partial charge >= 0.3 is 0 Å². The van der Waals surface area contributed by atoms with E-state index in [1.54, 1.807) is 0 Å². The van der Waals surface area contributed by atoms with E-state index >= 15 is 0 Å². The van der Waals surface area contributed by atoms with Crippen LogP contribution in [0.5, 0.6) is 0 Å². The first-order valence-corrected chi connectivity index (χ1v) is 7.43. The lowest BCUT2D eigenvalue weighted by Crippen LogP contribution is -2.27. The summed E-state index contributed by atoms with van der Waals surface area (Å²) in [5.41, 5.74) is 0.212. The van der Waals surface area contributed by atoms with Gasteiger partial charge in [-0.05, 0) is 30.9 Å². The van der Waals surface area contributed by atoms with Gasteiger partial charge in [-0.1, -0.05) is 13.3 Å². The molecular formula is C12H15N3O2S. The molecule has 1 aliphatic rings. The van der Waals surface area contributed by atoms with Crippen LogP contribution < -0.4 is 4.72 Å². The molecule has 1 fully saturated rings. The normalized spacial score (nSPS) is 22.4. The molecule has 1 aromatic rings. The maximum atomic E-state index is 12.0. The van der Waals surface area contributed by atoms with Crippen molar-refractivity contribution in [2.75, 3.05) is 0 Å². The number of hydrogen-bond donors (Lipinski definition) is 1. The molecule has 1 aliphatic carbocycles. The van der Waals surface area contributed by atoms with Gasteiger partial charge < -0.3 is 0 Å². The van der Waals surface area contributed by atoms with Crippen LogP contribution in [-0.4, -0.2) is 19.4 Å². The van der Waals surface area contributed by atoms with Crippen LogP contribution in [0.2, 0.25) is 0 Å². The van der Waals surface area contributed by atoms with Gasteiger partial charge in [-0.25, -0.2) is 18.1 Å². The van der Waals surface area contributed by atoms with E-state index in [-0.39, 0.29) is 16.6 Å². The van der Waals surface area contributed by atoms with Crippen molar-refractivity contribution in [2.45, 2.75) is 37.1 Å². The Kier molecular flexibility index (Phi) is 3.64. The van der Waals surface area contributed by atoms with Gasteiger partial charge in [-0.3, -0.25) is 0 Å². The topological polar surface area (TPSA) is 82.9 Å². The average Bonchev–Trinajstić information content (AvgIpc) is 3.07. The number of nitrogens with zero attached hydrogens (tertiary/aromatic N) is 2. The number of rotatable bonds is 5. The summed E-state index contributed by atoms with van der Waals surface area (Å²) in [6.45, 7) is 2.09. The summed E-state index contributed by atoms with van der Waals surface area (Å²) < 4.78 is 26.7. The molecule has 2 rings (SSSR count). The van der Waals surface area contributed by atoms with E-state index in [0.29, 0.717) is 5.92 Å². The lowest BCUT2D eigenvalue weighted by Gasteiger charge is -2.05. The molecule has 0 saturated heterocycles. The number of nitriles is 1. The molecule has 1 saturated carbocycles. The quantitative estimate of drug-likeness (QED) is 0.872. The van der Waals surface area contributed by atoms with E-state index in [9.17, 15) is 8.42 Å². The summed E-state index contributed by atoms with van der Waals surface area (Å²) in [4.78, 5) is 3.88. The molecule has 2 unspecified atom stereocenters. The first-order valence-electron chi connectivity index (χ1n) is 5.95. The minimum atomic E-state index is -3.50. The van der Waals surface area contributed by atoms with Crippen LogP contribution in [0.1, 0.15) is 31.9 Å². The van der Waals surface area contributed by atoms with Gasteiger partial charge in [0, 0.05) is 12.2 Å². The van der Waals surface area contributed by atoms with Crippen LogP contribution in [0, 0.1) is 17.2 Å². The largest absolute Gasteiger partial charge is 0.244 e. The molecule has 96 valence electrons. The molecule has 2 atom stereocenters. The van der Waals surface area contributed by atoms with E-state index in [2.05, 4.69) is 16.6 Å². The number of aromatic nitrogens is 1. The molecule has 5 nitrogen and oxygen atoms in total. The standard InChI is InChI=1S/C12H15N3O2S/c1-2-3-9-6-12(9)15-18(16,17)11-5-4-10(7-13)14-8-11/h4-5,8-9,12,15H,2-3,6H2,1H3.